The Hall–Kier alpha value is -1.21. The van der Waals surface area contributed by atoms with Gasteiger partial charge in [-0.1, -0.05) is 18.3 Å². The molecule has 1 saturated heterocycles. The minimum atomic E-state index is 0.478. The zero-order valence-electron chi connectivity index (χ0n) is 10.1. The predicted molar refractivity (Wildman–Crippen MR) is 75.5 cm³/mol. The summed E-state index contributed by atoms with van der Waals surface area (Å²) in [7, 11) is 0. The maximum absolute atomic E-state index is 4.95. The first-order valence-electron chi connectivity index (χ1n) is 6.08. The van der Waals surface area contributed by atoms with Crippen molar-refractivity contribution in [3.05, 3.63) is 11.0 Å². The number of piperidine rings is 1. The average molecular weight is 281 g/mol. The minimum Gasteiger partial charge on any atom is -0.348 e. The van der Waals surface area contributed by atoms with Gasteiger partial charge >= 0.3 is 0 Å². The van der Waals surface area contributed by atoms with Crippen LogP contribution in [-0.4, -0.2) is 33.3 Å². The Kier molecular flexibility index (Phi) is 3.17. The summed E-state index contributed by atoms with van der Waals surface area (Å²) in [6.45, 7) is 4.52. The van der Waals surface area contributed by atoms with Crippen molar-refractivity contribution in [1.82, 2.24) is 20.2 Å². The van der Waals surface area contributed by atoms with E-state index in [2.05, 4.69) is 32.0 Å². The molecule has 0 aromatic carbocycles. The van der Waals surface area contributed by atoms with Gasteiger partial charge in [-0.25, -0.2) is 4.98 Å². The first-order chi connectivity index (χ1) is 8.72. The summed E-state index contributed by atoms with van der Waals surface area (Å²) in [5, 5.41) is 6.84. The number of nitrogens with zero attached hydrogens (tertiary/aromatic N) is 3. The Balaban J connectivity index is 1.79. The third-order valence-electron chi connectivity index (χ3n) is 3.28. The van der Waals surface area contributed by atoms with Gasteiger partial charge in [0.1, 0.15) is 0 Å². The molecule has 2 aromatic heterocycles. The molecule has 3 heterocycles. The third kappa shape index (κ3) is 2.32. The van der Waals surface area contributed by atoms with Crippen molar-refractivity contribution in [1.29, 1.82) is 0 Å². The number of aromatic amines is 2. The van der Waals surface area contributed by atoms with Crippen LogP contribution in [0.3, 0.4) is 0 Å². The van der Waals surface area contributed by atoms with E-state index < -0.39 is 0 Å². The number of thiazole rings is 1. The summed E-state index contributed by atoms with van der Waals surface area (Å²) < 4.78 is 0.478. The first-order valence-corrected chi connectivity index (χ1v) is 7.30. The number of hydrogen-bond acceptors (Lipinski definition) is 5. The van der Waals surface area contributed by atoms with E-state index in [1.165, 1.54) is 12.8 Å². The SMILES string of the molecule is CC1CCN(c2ncc(-c3nc(=S)[nH][nH]3)s2)CC1. The summed E-state index contributed by atoms with van der Waals surface area (Å²) in [6.07, 6.45) is 4.36. The zero-order chi connectivity index (χ0) is 12.5. The number of H-pyrrole nitrogens is 2. The zero-order valence-corrected chi connectivity index (χ0v) is 11.8. The van der Waals surface area contributed by atoms with Crippen LogP contribution in [0.2, 0.25) is 0 Å². The van der Waals surface area contributed by atoms with Gasteiger partial charge in [-0.15, -0.1) is 0 Å². The molecule has 0 amide bonds. The molecule has 0 aliphatic carbocycles. The molecule has 0 spiro atoms. The second kappa shape index (κ2) is 4.81. The number of hydrogen-bond donors (Lipinski definition) is 2. The van der Waals surface area contributed by atoms with Crippen LogP contribution >= 0.6 is 23.6 Å². The summed E-state index contributed by atoms with van der Waals surface area (Å²) in [4.78, 5) is 12.1. The van der Waals surface area contributed by atoms with E-state index in [1.54, 1.807) is 11.3 Å². The van der Waals surface area contributed by atoms with Crippen LogP contribution in [0, 0.1) is 10.7 Å². The largest absolute Gasteiger partial charge is 0.348 e. The third-order valence-corrected chi connectivity index (χ3v) is 4.54. The monoisotopic (exact) mass is 281 g/mol. The normalized spacial score (nSPS) is 17.3. The Morgan fingerprint density at radius 2 is 2.17 bits per heavy atom. The van der Waals surface area contributed by atoms with Crippen LogP contribution in [0.15, 0.2) is 6.20 Å². The van der Waals surface area contributed by atoms with E-state index in [-0.39, 0.29) is 0 Å². The smallest absolute Gasteiger partial charge is 0.213 e. The van der Waals surface area contributed by atoms with Crippen LogP contribution in [0.4, 0.5) is 5.13 Å². The second-order valence-corrected chi connectivity index (χ2v) is 6.09. The summed E-state index contributed by atoms with van der Waals surface area (Å²) in [5.41, 5.74) is 0. The Morgan fingerprint density at radius 3 is 2.83 bits per heavy atom. The maximum Gasteiger partial charge on any atom is 0.213 e. The van der Waals surface area contributed by atoms with Gasteiger partial charge in [-0.2, -0.15) is 4.98 Å². The fraction of sp³-hybridized carbons (Fsp3) is 0.545. The quantitative estimate of drug-likeness (QED) is 0.831. The van der Waals surface area contributed by atoms with Gasteiger partial charge in [0.15, 0.2) is 11.0 Å². The van der Waals surface area contributed by atoms with Crippen LogP contribution in [0.1, 0.15) is 19.8 Å². The van der Waals surface area contributed by atoms with Gasteiger partial charge in [0.25, 0.3) is 0 Å². The predicted octanol–water partition coefficient (Wildman–Crippen LogP) is 2.83. The molecule has 1 aliphatic heterocycles. The van der Waals surface area contributed by atoms with Crippen molar-refractivity contribution < 1.29 is 0 Å². The molecular formula is C11H15N5S2. The highest BCUT2D eigenvalue weighted by atomic mass is 32.1. The molecule has 0 bridgehead atoms. The minimum absolute atomic E-state index is 0.478. The van der Waals surface area contributed by atoms with E-state index in [0.717, 1.165) is 34.8 Å². The number of anilines is 1. The number of aromatic nitrogens is 4. The lowest BCUT2D eigenvalue weighted by Crippen LogP contribution is -2.32. The topological polar surface area (TPSA) is 60.6 Å². The second-order valence-electron chi connectivity index (χ2n) is 4.69. The highest BCUT2D eigenvalue weighted by molar-refractivity contribution is 7.71. The first kappa shape index (κ1) is 11.9. The highest BCUT2D eigenvalue weighted by Crippen LogP contribution is 2.31. The van der Waals surface area contributed by atoms with Crippen LogP contribution in [0.5, 0.6) is 0 Å². The summed E-state index contributed by atoms with van der Waals surface area (Å²) in [6, 6.07) is 0. The number of rotatable bonds is 2. The van der Waals surface area contributed by atoms with Gasteiger partial charge in [-0.3, -0.25) is 10.2 Å². The van der Waals surface area contributed by atoms with E-state index in [4.69, 9.17) is 12.2 Å². The molecule has 1 fully saturated rings. The lowest BCUT2D eigenvalue weighted by molar-refractivity contribution is 0.438. The van der Waals surface area contributed by atoms with Crippen molar-refractivity contribution in [2.24, 2.45) is 5.92 Å². The molecular weight excluding hydrogens is 266 g/mol. The van der Waals surface area contributed by atoms with Crippen molar-refractivity contribution in [2.45, 2.75) is 19.8 Å². The highest BCUT2D eigenvalue weighted by Gasteiger charge is 2.19. The van der Waals surface area contributed by atoms with Crippen LogP contribution in [-0.2, 0) is 0 Å². The van der Waals surface area contributed by atoms with E-state index in [0.29, 0.717) is 4.77 Å². The molecule has 2 aromatic rings. The van der Waals surface area contributed by atoms with E-state index in [1.807, 2.05) is 6.20 Å². The molecule has 5 nitrogen and oxygen atoms in total. The van der Waals surface area contributed by atoms with Gasteiger partial charge < -0.3 is 4.90 Å². The molecule has 0 radical (unpaired) electrons. The van der Waals surface area contributed by atoms with Crippen molar-refractivity contribution in [3.63, 3.8) is 0 Å². The lowest BCUT2D eigenvalue weighted by atomic mass is 10.00. The molecule has 7 heteroatoms. The molecule has 0 unspecified atom stereocenters. The fourth-order valence-corrected chi connectivity index (χ4v) is 3.16. The molecule has 18 heavy (non-hydrogen) atoms. The van der Waals surface area contributed by atoms with Gasteiger partial charge in [0.05, 0.1) is 11.1 Å². The standard InChI is InChI=1S/C11H15N5S2/c1-7-2-4-16(5-3-7)11-12-6-8(18-11)9-13-10(17)15-14-9/h6-7H,2-5H2,1H3,(H2,13,14,15,17). The maximum atomic E-state index is 4.95. The molecule has 96 valence electrons. The van der Waals surface area contributed by atoms with Crippen molar-refractivity contribution in [3.8, 4) is 10.7 Å². The Bertz CT molecular complexity index is 576. The van der Waals surface area contributed by atoms with Gasteiger partial charge in [-0.05, 0) is 31.0 Å². The average Bonchev–Trinajstić information content (AvgIpc) is 2.98. The Labute approximate surface area is 114 Å². The summed E-state index contributed by atoms with van der Waals surface area (Å²) in [5.74, 6) is 1.61. The van der Waals surface area contributed by atoms with Crippen molar-refractivity contribution >= 4 is 28.7 Å². The van der Waals surface area contributed by atoms with Crippen LogP contribution in [0.25, 0.3) is 10.7 Å². The Morgan fingerprint density at radius 1 is 1.39 bits per heavy atom. The van der Waals surface area contributed by atoms with E-state index in [9.17, 15) is 0 Å². The lowest BCUT2D eigenvalue weighted by Gasteiger charge is -2.29. The molecule has 0 atom stereocenters. The number of nitrogens with one attached hydrogen (secondary N) is 2. The molecule has 2 N–H and O–H groups in total. The van der Waals surface area contributed by atoms with Crippen molar-refractivity contribution in [2.75, 3.05) is 18.0 Å². The molecule has 3 rings (SSSR count). The fourth-order valence-electron chi connectivity index (χ4n) is 2.11. The molecule has 0 saturated carbocycles. The molecule has 1 aliphatic rings. The van der Waals surface area contributed by atoms with Crippen LogP contribution < -0.4 is 4.90 Å². The summed E-state index contributed by atoms with van der Waals surface area (Å²) >= 11 is 6.62. The van der Waals surface area contributed by atoms with E-state index >= 15 is 0 Å². The van der Waals surface area contributed by atoms with Gasteiger partial charge in [0, 0.05) is 13.1 Å². The van der Waals surface area contributed by atoms with Gasteiger partial charge in [0.2, 0.25) is 4.77 Å².